The summed E-state index contributed by atoms with van der Waals surface area (Å²) in [5, 5.41) is 9.31. The van der Waals surface area contributed by atoms with E-state index >= 15 is 0 Å². The third-order valence-electron chi connectivity index (χ3n) is 3.09. The van der Waals surface area contributed by atoms with E-state index in [2.05, 4.69) is 6.07 Å². The fraction of sp³-hybridized carbons (Fsp3) is 0.417. The Morgan fingerprint density at radius 2 is 1.78 bits per heavy atom. The Bertz CT molecular complexity index is 555. The van der Waals surface area contributed by atoms with Crippen LogP contribution in [0.25, 0.3) is 0 Å². The van der Waals surface area contributed by atoms with Gasteiger partial charge in [-0.25, -0.2) is 8.42 Å². The van der Waals surface area contributed by atoms with Crippen LogP contribution in [-0.4, -0.2) is 25.8 Å². The van der Waals surface area contributed by atoms with E-state index < -0.39 is 10.0 Å². The first-order chi connectivity index (χ1) is 8.54. The molecule has 0 atom stereocenters. The molecular weight excluding hydrogens is 272 g/mol. The van der Waals surface area contributed by atoms with Crippen molar-refractivity contribution in [3.8, 4) is 6.07 Å². The molecule has 0 amide bonds. The van der Waals surface area contributed by atoms with Crippen molar-refractivity contribution in [1.29, 1.82) is 5.26 Å². The Hall–Kier alpha value is -1.09. The third-order valence-corrected chi connectivity index (χ3v) is 5.25. The summed E-state index contributed by atoms with van der Waals surface area (Å²) in [4.78, 5) is 0.252. The first-order valence-electron chi connectivity index (χ1n) is 5.69. The Labute approximate surface area is 112 Å². The van der Waals surface area contributed by atoms with Gasteiger partial charge in [-0.1, -0.05) is 11.6 Å². The highest BCUT2D eigenvalue weighted by molar-refractivity contribution is 7.89. The first kappa shape index (κ1) is 13.3. The predicted molar refractivity (Wildman–Crippen MR) is 68.5 cm³/mol. The molecule has 18 heavy (non-hydrogen) atoms. The summed E-state index contributed by atoms with van der Waals surface area (Å²) < 4.78 is 26.0. The van der Waals surface area contributed by atoms with Crippen LogP contribution < -0.4 is 0 Å². The molecule has 0 radical (unpaired) electrons. The molecule has 1 aromatic rings. The van der Waals surface area contributed by atoms with Crippen molar-refractivity contribution < 1.29 is 8.42 Å². The molecule has 1 heterocycles. The summed E-state index contributed by atoms with van der Waals surface area (Å²) in [6.45, 7) is 0.812. The molecule has 96 valence electrons. The number of halogens is 1. The minimum absolute atomic E-state index is 0.0262. The van der Waals surface area contributed by atoms with E-state index in [-0.39, 0.29) is 10.8 Å². The molecule has 0 saturated carbocycles. The van der Waals surface area contributed by atoms with E-state index in [0.717, 1.165) is 0 Å². The van der Waals surface area contributed by atoms with Gasteiger partial charge in [0, 0.05) is 24.0 Å². The van der Waals surface area contributed by atoms with Crippen LogP contribution >= 0.6 is 11.6 Å². The van der Waals surface area contributed by atoms with Crippen molar-refractivity contribution in [2.45, 2.75) is 17.7 Å². The Morgan fingerprint density at radius 1 is 1.22 bits per heavy atom. The molecular formula is C12H13ClN2O2S. The molecule has 6 heteroatoms. The van der Waals surface area contributed by atoms with Crippen LogP contribution in [0.1, 0.15) is 12.8 Å². The topological polar surface area (TPSA) is 61.2 Å². The van der Waals surface area contributed by atoms with Crippen LogP contribution in [0.4, 0.5) is 0 Å². The Kier molecular flexibility index (Phi) is 3.91. The largest absolute Gasteiger partial charge is 0.243 e. The van der Waals surface area contributed by atoms with E-state index in [1.807, 2.05) is 0 Å². The van der Waals surface area contributed by atoms with Crippen LogP contribution in [0.3, 0.4) is 0 Å². The van der Waals surface area contributed by atoms with Gasteiger partial charge in [-0.05, 0) is 37.1 Å². The van der Waals surface area contributed by atoms with Crippen LogP contribution in [0.5, 0.6) is 0 Å². The van der Waals surface area contributed by atoms with Gasteiger partial charge >= 0.3 is 0 Å². The third kappa shape index (κ3) is 2.66. The zero-order chi connectivity index (χ0) is 13.2. The van der Waals surface area contributed by atoms with Crippen LogP contribution in [0.15, 0.2) is 29.2 Å². The van der Waals surface area contributed by atoms with E-state index in [0.29, 0.717) is 31.0 Å². The maximum absolute atomic E-state index is 12.3. The number of hydrogen-bond acceptors (Lipinski definition) is 3. The van der Waals surface area contributed by atoms with E-state index in [1.165, 1.54) is 16.4 Å². The summed E-state index contributed by atoms with van der Waals surface area (Å²) in [6, 6.07) is 8.33. The maximum atomic E-state index is 12.3. The average molecular weight is 285 g/mol. The van der Waals surface area contributed by atoms with Gasteiger partial charge in [0.25, 0.3) is 0 Å². The lowest BCUT2D eigenvalue weighted by molar-refractivity contribution is 0.310. The number of hydrogen-bond donors (Lipinski definition) is 0. The van der Waals surface area contributed by atoms with Crippen LogP contribution in [-0.2, 0) is 10.0 Å². The summed E-state index contributed by atoms with van der Waals surface area (Å²) in [6.07, 6.45) is 1.20. The quantitative estimate of drug-likeness (QED) is 0.837. The van der Waals surface area contributed by atoms with Crippen molar-refractivity contribution in [3.63, 3.8) is 0 Å². The molecule has 1 fully saturated rings. The molecule has 0 spiro atoms. The zero-order valence-electron chi connectivity index (χ0n) is 9.71. The second-order valence-electron chi connectivity index (χ2n) is 4.26. The van der Waals surface area contributed by atoms with E-state index in [9.17, 15) is 8.42 Å². The number of benzene rings is 1. The van der Waals surface area contributed by atoms with Crippen molar-refractivity contribution in [3.05, 3.63) is 29.3 Å². The van der Waals surface area contributed by atoms with Crippen LogP contribution in [0, 0.1) is 17.2 Å². The molecule has 0 unspecified atom stereocenters. The number of nitriles is 1. The fourth-order valence-corrected chi connectivity index (χ4v) is 3.58. The number of sulfonamides is 1. The highest BCUT2D eigenvalue weighted by Crippen LogP contribution is 2.24. The summed E-state index contributed by atoms with van der Waals surface area (Å²) >= 11 is 5.74. The van der Waals surface area contributed by atoms with Crippen molar-refractivity contribution in [1.82, 2.24) is 4.31 Å². The van der Waals surface area contributed by atoms with Gasteiger partial charge in [-0.15, -0.1) is 0 Å². The minimum Gasteiger partial charge on any atom is -0.207 e. The fourth-order valence-electron chi connectivity index (χ4n) is 1.98. The lowest BCUT2D eigenvalue weighted by Gasteiger charge is -2.28. The summed E-state index contributed by atoms with van der Waals surface area (Å²) in [5.41, 5.74) is 0. The van der Waals surface area contributed by atoms with Gasteiger partial charge in [0.1, 0.15) is 0 Å². The lowest BCUT2D eigenvalue weighted by Crippen LogP contribution is -2.38. The smallest absolute Gasteiger partial charge is 0.207 e. The minimum atomic E-state index is -3.45. The number of nitrogens with zero attached hydrogens (tertiary/aromatic N) is 2. The van der Waals surface area contributed by atoms with Crippen molar-refractivity contribution >= 4 is 21.6 Å². The molecule has 0 N–H and O–H groups in total. The Balaban J connectivity index is 2.18. The molecule has 0 aromatic heterocycles. The maximum Gasteiger partial charge on any atom is 0.243 e. The van der Waals surface area contributed by atoms with Crippen LogP contribution in [0.2, 0.25) is 5.02 Å². The monoisotopic (exact) mass is 284 g/mol. The van der Waals surface area contributed by atoms with Crippen molar-refractivity contribution in [2.24, 2.45) is 5.92 Å². The summed E-state index contributed by atoms with van der Waals surface area (Å²) in [7, 11) is -3.45. The van der Waals surface area contributed by atoms with Gasteiger partial charge in [0.15, 0.2) is 0 Å². The summed E-state index contributed by atoms with van der Waals surface area (Å²) in [5.74, 6) is -0.0262. The van der Waals surface area contributed by atoms with E-state index in [4.69, 9.17) is 16.9 Å². The Morgan fingerprint density at radius 3 is 2.28 bits per heavy atom. The van der Waals surface area contributed by atoms with E-state index in [1.54, 1.807) is 12.1 Å². The van der Waals surface area contributed by atoms with Gasteiger partial charge in [0.2, 0.25) is 10.0 Å². The molecule has 1 aromatic carbocycles. The van der Waals surface area contributed by atoms with Crippen molar-refractivity contribution in [2.75, 3.05) is 13.1 Å². The zero-order valence-corrected chi connectivity index (χ0v) is 11.3. The molecule has 0 aliphatic carbocycles. The van der Waals surface area contributed by atoms with Gasteiger partial charge < -0.3 is 0 Å². The second-order valence-corrected chi connectivity index (χ2v) is 6.64. The molecule has 0 bridgehead atoms. The molecule has 1 aliphatic rings. The second kappa shape index (κ2) is 5.27. The lowest BCUT2D eigenvalue weighted by atomic mass is 10.0. The van der Waals surface area contributed by atoms with Gasteiger partial charge in [-0.2, -0.15) is 9.57 Å². The normalized spacial score (nSPS) is 18.4. The standard InChI is InChI=1S/C12H13ClN2O2S/c13-11-1-3-12(4-2-11)18(16,17)15-7-5-10(9-14)6-8-15/h1-4,10H,5-8H2. The SMILES string of the molecule is N#CC1CCN(S(=O)(=O)c2ccc(Cl)cc2)CC1. The first-order valence-corrected chi connectivity index (χ1v) is 7.51. The highest BCUT2D eigenvalue weighted by Gasteiger charge is 2.29. The van der Waals surface area contributed by atoms with Gasteiger partial charge in [-0.3, -0.25) is 0 Å². The molecule has 1 aliphatic heterocycles. The highest BCUT2D eigenvalue weighted by atomic mass is 35.5. The average Bonchev–Trinajstić information content (AvgIpc) is 2.39. The molecule has 1 saturated heterocycles. The predicted octanol–water partition coefficient (Wildman–Crippen LogP) is 2.26. The molecule has 2 rings (SSSR count). The molecule has 4 nitrogen and oxygen atoms in total. The number of rotatable bonds is 2. The number of piperidine rings is 1. The van der Waals surface area contributed by atoms with Gasteiger partial charge in [0.05, 0.1) is 11.0 Å².